The summed E-state index contributed by atoms with van der Waals surface area (Å²) >= 11 is 5.94. The van der Waals surface area contributed by atoms with Crippen LogP contribution in [-0.4, -0.2) is 40.6 Å². The predicted molar refractivity (Wildman–Crippen MR) is 87.7 cm³/mol. The summed E-state index contributed by atoms with van der Waals surface area (Å²) in [5.74, 6) is -0.475. The van der Waals surface area contributed by atoms with Crippen LogP contribution >= 0.6 is 23.6 Å². The molecule has 0 spiro atoms. The van der Waals surface area contributed by atoms with Crippen molar-refractivity contribution in [1.29, 1.82) is 0 Å². The summed E-state index contributed by atoms with van der Waals surface area (Å²) in [6.07, 6.45) is -0.947. The van der Waals surface area contributed by atoms with Gasteiger partial charge in [-0.05, 0) is 30.4 Å². The fourth-order valence-electron chi connectivity index (χ4n) is 2.19. The molecule has 2 aromatic rings. The van der Waals surface area contributed by atoms with Crippen molar-refractivity contribution in [2.45, 2.75) is 6.10 Å². The zero-order valence-electron chi connectivity index (χ0n) is 11.7. The first-order chi connectivity index (χ1) is 11.0. The van der Waals surface area contributed by atoms with Crippen LogP contribution in [-0.2, 0) is 4.74 Å². The third-order valence-corrected chi connectivity index (χ3v) is 4.10. The van der Waals surface area contributed by atoms with Gasteiger partial charge in [0, 0.05) is 5.56 Å². The maximum Gasteiger partial charge on any atom is 0.414 e. The highest BCUT2D eigenvalue weighted by Gasteiger charge is 2.32. The number of hydrogen-bond acceptors (Lipinski definition) is 6. The number of carbonyl (C=O) groups is 1. The molecule has 0 unspecified atom stereocenters. The Kier molecular flexibility index (Phi) is 4.35. The molecular weight excluding hydrogens is 341 g/mol. The molecular formula is C13H12FN5O2S2. The summed E-state index contributed by atoms with van der Waals surface area (Å²) in [6, 6.07) is 4.49. The highest BCUT2D eigenvalue weighted by molar-refractivity contribution is 7.80. The van der Waals surface area contributed by atoms with Crippen molar-refractivity contribution in [2.75, 3.05) is 18.0 Å². The van der Waals surface area contributed by atoms with Gasteiger partial charge < -0.3 is 15.8 Å². The van der Waals surface area contributed by atoms with Gasteiger partial charge >= 0.3 is 6.09 Å². The number of halogens is 1. The molecule has 10 heteroatoms. The minimum atomic E-state index is -0.539. The van der Waals surface area contributed by atoms with Gasteiger partial charge in [0.2, 0.25) is 0 Å². The van der Waals surface area contributed by atoms with Gasteiger partial charge in [-0.25, -0.2) is 9.18 Å². The molecule has 0 aliphatic carbocycles. The predicted octanol–water partition coefficient (Wildman–Crippen LogP) is 1.50. The maximum absolute atomic E-state index is 14.3. The summed E-state index contributed by atoms with van der Waals surface area (Å²) in [7, 11) is 0. The molecule has 1 fully saturated rings. The van der Waals surface area contributed by atoms with Gasteiger partial charge in [0.05, 0.1) is 18.8 Å². The van der Waals surface area contributed by atoms with Crippen molar-refractivity contribution in [3.63, 3.8) is 0 Å². The van der Waals surface area contributed by atoms with Crippen molar-refractivity contribution >= 4 is 40.4 Å². The lowest BCUT2D eigenvalue weighted by Gasteiger charge is -2.14. The van der Waals surface area contributed by atoms with Gasteiger partial charge in [-0.1, -0.05) is 11.3 Å². The molecule has 1 aliphatic rings. The Morgan fingerprint density at radius 2 is 2.43 bits per heavy atom. The number of aromatic nitrogens is 2. The lowest BCUT2D eigenvalue weighted by molar-refractivity contribution is 0.143. The van der Waals surface area contributed by atoms with E-state index in [9.17, 15) is 9.18 Å². The van der Waals surface area contributed by atoms with Gasteiger partial charge in [-0.2, -0.15) is 0 Å². The SMILES string of the molecule is NC(=S)NC[C@H]1CN(c2ccc(-c3nncs3)c(F)c2)C(=O)O1. The van der Waals surface area contributed by atoms with E-state index in [-0.39, 0.29) is 11.7 Å². The van der Waals surface area contributed by atoms with E-state index in [2.05, 4.69) is 15.5 Å². The number of cyclic esters (lactones) is 1. The van der Waals surface area contributed by atoms with E-state index in [1.54, 1.807) is 12.1 Å². The number of hydrogen-bond donors (Lipinski definition) is 2. The Hall–Kier alpha value is -2.33. The van der Waals surface area contributed by atoms with E-state index >= 15 is 0 Å². The van der Waals surface area contributed by atoms with E-state index in [1.807, 2.05) is 0 Å². The smallest absolute Gasteiger partial charge is 0.414 e. The summed E-state index contributed by atoms with van der Waals surface area (Å²) in [5.41, 5.74) is 7.63. The van der Waals surface area contributed by atoms with Crippen LogP contribution in [0.3, 0.4) is 0 Å². The van der Waals surface area contributed by atoms with Gasteiger partial charge in [0.25, 0.3) is 0 Å². The fraction of sp³-hybridized carbons (Fsp3) is 0.231. The molecule has 23 heavy (non-hydrogen) atoms. The molecule has 3 N–H and O–H groups in total. The van der Waals surface area contributed by atoms with Crippen LogP contribution in [0.1, 0.15) is 0 Å². The fourth-order valence-corrected chi connectivity index (χ4v) is 2.85. The minimum absolute atomic E-state index is 0.131. The van der Waals surface area contributed by atoms with Gasteiger partial charge in [0.15, 0.2) is 5.11 Å². The van der Waals surface area contributed by atoms with Crippen molar-refractivity contribution in [1.82, 2.24) is 15.5 Å². The van der Waals surface area contributed by atoms with E-state index in [0.29, 0.717) is 22.8 Å². The second-order valence-corrected chi connectivity index (χ2v) is 6.04. The molecule has 0 radical (unpaired) electrons. The van der Waals surface area contributed by atoms with E-state index < -0.39 is 18.0 Å². The first kappa shape index (κ1) is 15.6. The Balaban J connectivity index is 1.76. The second-order valence-electron chi connectivity index (χ2n) is 4.77. The molecule has 1 aromatic heterocycles. The highest BCUT2D eigenvalue weighted by atomic mass is 32.1. The van der Waals surface area contributed by atoms with Gasteiger partial charge in [-0.15, -0.1) is 10.2 Å². The summed E-state index contributed by atoms with van der Waals surface area (Å²) in [5, 5.41) is 10.9. The number of rotatable bonds is 4. The van der Waals surface area contributed by atoms with Crippen LogP contribution in [0.2, 0.25) is 0 Å². The molecule has 1 aromatic carbocycles. The number of nitrogens with zero attached hydrogens (tertiary/aromatic N) is 3. The molecule has 3 rings (SSSR count). The minimum Gasteiger partial charge on any atom is -0.442 e. The van der Waals surface area contributed by atoms with Crippen molar-refractivity contribution in [3.05, 3.63) is 29.5 Å². The number of benzene rings is 1. The molecule has 0 saturated carbocycles. The van der Waals surface area contributed by atoms with Crippen LogP contribution in [0, 0.1) is 5.82 Å². The zero-order chi connectivity index (χ0) is 16.4. The normalized spacial score (nSPS) is 17.2. The average molecular weight is 353 g/mol. The molecule has 2 heterocycles. The molecule has 1 atom stereocenters. The highest BCUT2D eigenvalue weighted by Crippen LogP contribution is 2.29. The number of nitrogens with one attached hydrogen (secondary N) is 1. The molecule has 1 aliphatic heterocycles. The number of amides is 1. The number of thiocarbonyl (C=S) groups is 1. The molecule has 0 bridgehead atoms. The van der Waals surface area contributed by atoms with Gasteiger partial charge in [0.1, 0.15) is 22.4 Å². The maximum atomic E-state index is 14.3. The lowest BCUT2D eigenvalue weighted by Crippen LogP contribution is -2.37. The van der Waals surface area contributed by atoms with E-state index in [4.69, 9.17) is 22.7 Å². The average Bonchev–Trinajstić information content (AvgIpc) is 3.14. The summed E-state index contributed by atoms with van der Waals surface area (Å²) < 4.78 is 19.4. The van der Waals surface area contributed by atoms with E-state index in [1.165, 1.54) is 27.8 Å². The lowest BCUT2D eigenvalue weighted by atomic mass is 10.2. The van der Waals surface area contributed by atoms with Crippen LogP contribution < -0.4 is 16.0 Å². The van der Waals surface area contributed by atoms with Crippen LogP contribution in [0.4, 0.5) is 14.9 Å². The third kappa shape index (κ3) is 3.37. The number of anilines is 1. The Morgan fingerprint density at radius 1 is 1.61 bits per heavy atom. The second kappa shape index (κ2) is 6.42. The van der Waals surface area contributed by atoms with Crippen molar-refractivity contribution in [3.8, 4) is 10.6 Å². The molecule has 1 amide bonds. The molecule has 1 saturated heterocycles. The third-order valence-electron chi connectivity index (χ3n) is 3.23. The monoisotopic (exact) mass is 353 g/mol. The first-order valence-corrected chi connectivity index (χ1v) is 7.91. The number of ether oxygens (including phenoxy) is 1. The van der Waals surface area contributed by atoms with Crippen LogP contribution in [0.5, 0.6) is 0 Å². The largest absolute Gasteiger partial charge is 0.442 e. The van der Waals surface area contributed by atoms with E-state index in [0.717, 1.165) is 0 Å². The molecule has 7 nitrogen and oxygen atoms in total. The standard InChI is InChI=1S/C13H12FN5O2S2/c14-10-3-7(1-2-9(10)11-18-17-6-23-11)19-5-8(21-13(19)20)4-16-12(15)22/h1-3,6,8H,4-5H2,(H3,15,16,22)/t8-/m0/s1. The summed E-state index contributed by atoms with van der Waals surface area (Å²) in [4.78, 5) is 13.3. The van der Waals surface area contributed by atoms with Crippen molar-refractivity contribution in [2.24, 2.45) is 5.73 Å². The Bertz CT molecular complexity index is 740. The first-order valence-electron chi connectivity index (χ1n) is 6.62. The quantitative estimate of drug-likeness (QED) is 0.805. The van der Waals surface area contributed by atoms with Crippen LogP contribution in [0.25, 0.3) is 10.6 Å². The molecule has 120 valence electrons. The Morgan fingerprint density at radius 3 is 3.09 bits per heavy atom. The van der Waals surface area contributed by atoms with Crippen LogP contribution in [0.15, 0.2) is 23.7 Å². The summed E-state index contributed by atoms with van der Waals surface area (Å²) in [6.45, 7) is 0.592. The number of nitrogens with two attached hydrogens (primary N) is 1. The number of carbonyl (C=O) groups excluding carboxylic acids is 1. The Labute approximate surface area is 140 Å². The topological polar surface area (TPSA) is 93.4 Å². The van der Waals surface area contributed by atoms with Crippen molar-refractivity contribution < 1.29 is 13.9 Å². The zero-order valence-corrected chi connectivity index (χ0v) is 13.4. The van der Waals surface area contributed by atoms with Gasteiger partial charge in [-0.3, -0.25) is 4.90 Å².